The van der Waals surface area contributed by atoms with Gasteiger partial charge in [0.05, 0.1) is 12.1 Å². The van der Waals surface area contributed by atoms with Crippen molar-refractivity contribution in [2.75, 3.05) is 13.1 Å². The lowest BCUT2D eigenvalue weighted by molar-refractivity contribution is -0.143. The molecule has 9 amide bonds. The first-order chi connectivity index (χ1) is 40.7. The van der Waals surface area contributed by atoms with Crippen LogP contribution in [0.25, 0.3) is 10.9 Å². The maximum Gasteiger partial charge on any atom is 0.326 e. The summed E-state index contributed by atoms with van der Waals surface area (Å²) < 4.78 is 0. The first kappa shape index (κ1) is 67.7. The molecule has 86 heavy (non-hydrogen) atoms. The molecule has 27 heteroatoms. The van der Waals surface area contributed by atoms with Gasteiger partial charge in [0, 0.05) is 55.9 Å². The van der Waals surface area contributed by atoms with Crippen molar-refractivity contribution in [3.8, 4) is 5.75 Å². The summed E-state index contributed by atoms with van der Waals surface area (Å²) in [6.07, 6.45) is -0.992. The Morgan fingerprint density at radius 3 is 1.80 bits per heavy atom. The number of para-hydroxylation sites is 1. The number of carboxylic acids is 1. The summed E-state index contributed by atoms with van der Waals surface area (Å²) in [4.78, 5) is 147. The van der Waals surface area contributed by atoms with E-state index in [4.69, 9.17) is 22.9 Å². The van der Waals surface area contributed by atoms with Gasteiger partial charge in [0.15, 0.2) is 5.96 Å². The molecule has 10 atom stereocenters. The van der Waals surface area contributed by atoms with E-state index in [2.05, 4.69) is 47.2 Å². The van der Waals surface area contributed by atoms with Crippen LogP contribution in [-0.2, 0) is 67.2 Å². The number of phenols is 1. The Morgan fingerprint density at radius 1 is 0.628 bits per heavy atom. The summed E-state index contributed by atoms with van der Waals surface area (Å²) in [6, 6.07) is 9.04. The SMILES string of the molecule is CC(C)C(N)C(=O)NC(C(=O)NC(Cc1ccc(O)cc1)C(=O)N1CCCC1C(=O)NC(Cc1c[nH]c2ccccc12)C(=O)NC(C(=O)NC(CCC(N)=O)C(=O)NC(CCCN=C(N)N)C(=O)NC(Cc1ccccc1)C(=O)O)C(C)O)C(C)C. The first-order valence-electron chi connectivity index (χ1n) is 28.5. The molecule has 1 aliphatic rings. The van der Waals surface area contributed by atoms with E-state index >= 15 is 0 Å². The predicted molar refractivity (Wildman–Crippen MR) is 318 cm³/mol. The van der Waals surface area contributed by atoms with Crippen LogP contribution in [0.15, 0.2) is 90.1 Å². The average molecular weight is 1200 g/mol. The molecule has 0 saturated carbocycles. The second kappa shape index (κ2) is 32.2. The number of aliphatic carboxylic acids is 1. The highest BCUT2D eigenvalue weighted by molar-refractivity contribution is 5.99. The highest BCUT2D eigenvalue weighted by atomic mass is 16.4. The summed E-state index contributed by atoms with van der Waals surface area (Å²) in [7, 11) is 0. The molecule has 1 aromatic heterocycles. The van der Waals surface area contributed by atoms with E-state index in [0.717, 1.165) is 0 Å². The molecular formula is C59H82N14O13. The number of amides is 9. The number of hydrogen-bond acceptors (Lipinski definition) is 14. The van der Waals surface area contributed by atoms with Gasteiger partial charge in [-0.25, -0.2) is 4.79 Å². The van der Waals surface area contributed by atoms with E-state index in [9.17, 15) is 63.3 Å². The van der Waals surface area contributed by atoms with Gasteiger partial charge in [0.1, 0.15) is 54.1 Å². The Bertz CT molecular complexity index is 3040. The number of aliphatic hydroxyl groups excluding tert-OH is 1. The quantitative estimate of drug-likeness (QED) is 0.0154. The molecule has 0 aliphatic carbocycles. The predicted octanol–water partition coefficient (Wildman–Crippen LogP) is -1.29. The fourth-order valence-corrected chi connectivity index (χ4v) is 9.76. The number of phenolic OH excluding ortho intramolecular Hbond substituents is 1. The van der Waals surface area contributed by atoms with Crippen molar-refractivity contribution >= 4 is 76.0 Å². The van der Waals surface area contributed by atoms with Gasteiger partial charge < -0.3 is 85.4 Å². The molecular weight excluding hydrogens is 1110 g/mol. The van der Waals surface area contributed by atoms with Crippen LogP contribution in [0.5, 0.6) is 5.75 Å². The summed E-state index contributed by atoms with van der Waals surface area (Å²) in [5.41, 5.74) is 24.9. The topological polar surface area (TPSA) is 451 Å². The fourth-order valence-electron chi connectivity index (χ4n) is 9.76. The molecule has 1 saturated heterocycles. The van der Waals surface area contributed by atoms with E-state index in [1.54, 1.807) is 101 Å². The second-order valence-electron chi connectivity index (χ2n) is 22.1. The number of primary amides is 1. The largest absolute Gasteiger partial charge is 0.508 e. The number of rotatable bonds is 32. The number of aliphatic imine (C=N–C) groups is 1. The standard InChI is InChI=1S/C59H82N14O13/c1-31(2)47(61)54(81)71-48(32(3)4)55(82)69-43(27-35-19-21-37(75)22-20-35)57(84)73-26-12-18-45(73)53(80)68-42(29-36-30-65-39-16-10-9-15-38(36)39)52(79)72-49(33(5)74)56(83)67-41(23-24-46(60)76)51(78)66-40(17-11-25-64-59(62)63)50(77)70-44(58(85)86)28-34-13-7-6-8-14-34/h6-10,13-16,19-22,30-33,40-45,47-49,65,74-75H,11-12,17-18,23-29,61H2,1-5H3,(H2,60,76)(H,66,78)(H,67,83)(H,68,80)(H,69,82)(H,70,77)(H,71,81)(H,72,79)(H,85,86)(H4,62,63,64). The van der Waals surface area contributed by atoms with Gasteiger partial charge in [-0.2, -0.15) is 0 Å². The first-order valence-corrected chi connectivity index (χ1v) is 28.5. The third-order valence-corrected chi connectivity index (χ3v) is 14.7. The molecule has 466 valence electrons. The molecule has 0 radical (unpaired) electrons. The van der Waals surface area contributed by atoms with Crippen LogP contribution in [0.2, 0.25) is 0 Å². The summed E-state index contributed by atoms with van der Waals surface area (Å²) >= 11 is 0. The lowest BCUT2D eigenvalue weighted by Gasteiger charge is -2.32. The van der Waals surface area contributed by atoms with Crippen LogP contribution < -0.4 is 60.2 Å². The molecule has 1 fully saturated rings. The average Bonchev–Trinajstić information content (AvgIpc) is 2.56. The lowest BCUT2D eigenvalue weighted by Crippen LogP contribution is -2.62. The number of aromatic hydroxyl groups is 1. The third kappa shape index (κ3) is 20.0. The van der Waals surface area contributed by atoms with Crippen molar-refractivity contribution in [1.82, 2.24) is 47.1 Å². The number of hydrogen-bond donors (Lipinski definition) is 15. The van der Waals surface area contributed by atoms with Crippen LogP contribution in [0, 0.1) is 11.8 Å². The van der Waals surface area contributed by atoms with E-state index in [0.29, 0.717) is 34.0 Å². The van der Waals surface area contributed by atoms with Crippen LogP contribution >= 0.6 is 0 Å². The van der Waals surface area contributed by atoms with E-state index in [1.165, 1.54) is 24.0 Å². The minimum Gasteiger partial charge on any atom is -0.508 e. The molecule has 5 rings (SSSR count). The van der Waals surface area contributed by atoms with Crippen molar-refractivity contribution in [2.45, 2.75) is 153 Å². The number of nitrogens with one attached hydrogen (secondary N) is 8. The van der Waals surface area contributed by atoms with Gasteiger partial charge in [-0.1, -0.05) is 88.4 Å². The Kier molecular flexibility index (Phi) is 25.4. The van der Waals surface area contributed by atoms with E-state index in [-0.39, 0.29) is 69.2 Å². The van der Waals surface area contributed by atoms with Crippen LogP contribution in [0.1, 0.15) is 89.8 Å². The number of H-pyrrole nitrogens is 1. The summed E-state index contributed by atoms with van der Waals surface area (Å²) in [5.74, 6) is -10.0. The van der Waals surface area contributed by atoms with Crippen LogP contribution in [-0.4, -0.2) is 164 Å². The van der Waals surface area contributed by atoms with Crippen molar-refractivity contribution in [1.29, 1.82) is 0 Å². The Morgan fingerprint density at radius 2 is 1.19 bits per heavy atom. The number of likely N-dealkylation sites (tertiary alicyclic amines) is 1. The highest BCUT2D eigenvalue weighted by Crippen LogP contribution is 2.24. The molecule has 19 N–H and O–H groups in total. The number of nitrogens with two attached hydrogens (primary N) is 4. The normalized spacial score (nSPS) is 16.2. The van der Waals surface area contributed by atoms with Gasteiger partial charge in [-0.05, 0) is 85.8 Å². The van der Waals surface area contributed by atoms with Gasteiger partial charge in [-0.3, -0.25) is 48.1 Å². The summed E-state index contributed by atoms with van der Waals surface area (Å²) in [5, 5.41) is 50.1. The number of aliphatic hydroxyl groups is 1. The monoisotopic (exact) mass is 1190 g/mol. The second-order valence-corrected chi connectivity index (χ2v) is 22.1. The molecule has 10 unspecified atom stereocenters. The number of nitrogens with zero attached hydrogens (tertiary/aromatic N) is 2. The number of carbonyl (C=O) groups excluding carboxylic acids is 9. The Hall–Kier alpha value is -9.11. The zero-order valence-corrected chi connectivity index (χ0v) is 48.9. The van der Waals surface area contributed by atoms with Crippen LogP contribution in [0.4, 0.5) is 0 Å². The Balaban J connectivity index is 1.41. The van der Waals surface area contributed by atoms with Crippen molar-refractivity contribution < 1.29 is 63.3 Å². The Labute approximate surface area is 498 Å². The molecule has 0 bridgehead atoms. The third-order valence-electron chi connectivity index (χ3n) is 14.7. The molecule has 1 aliphatic heterocycles. The molecule has 4 aromatic rings. The minimum absolute atomic E-state index is 0.00417. The van der Waals surface area contributed by atoms with E-state index in [1.807, 2.05) is 0 Å². The lowest BCUT2D eigenvalue weighted by atomic mass is 9.98. The van der Waals surface area contributed by atoms with E-state index < -0.39 is 138 Å². The number of carbonyl (C=O) groups is 10. The number of aromatic amines is 1. The molecule has 0 spiro atoms. The van der Waals surface area contributed by atoms with Crippen molar-refractivity contribution in [3.05, 3.63) is 102 Å². The zero-order valence-electron chi connectivity index (χ0n) is 48.9. The summed E-state index contributed by atoms with van der Waals surface area (Å²) in [6.45, 7) is 8.17. The number of aromatic nitrogens is 1. The van der Waals surface area contributed by atoms with Gasteiger partial charge in [-0.15, -0.1) is 0 Å². The minimum atomic E-state index is -1.85. The maximum absolute atomic E-state index is 14.8. The van der Waals surface area contributed by atoms with Gasteiger partial charge in [0.25, 0.3) is 0 Å². The zero-order chi connectivity index (χ0) is 63.4. The maximum atomic E-state index is 14.8. The van der Waals surface area contributed by atoms with Crippen molar-refractivity contribution in [2.24, 2.45) is 39.8 Å². The number of benzene rings is 3. The highest BCUT2D eigenvalue weighted by Gasteiger charge is 2.41. The number of fused-ring (bicyclic) bond motifs is 1. The number of carboxylic acid groups (broad SMARTS) is 1. The number of guanidine groups is 1. The fraction of sp³-hybridized carbons (Fsp3) is 0.475. The van der Waals surface area contributed by atoms with Gasteiger partial charge >= 0.3 is 5.97 Å². The molecule has 27 nitrogen and oxygen atoms in total. The van der Waals surface area contributed by atoms with Gasteiger partial charge in [0.2, 0.25) is 53.2 Å². The van der Waals surface area contributed by atoms with Crippen LogP contribution in [0.3, 0.4) is 0 Å². The molecule has 3 aromatic carbocycles. The molecule has 2 heterocycles. The smallest absolute Gasteiger partial charge is 0.326 e. The van der Waals surface area contributed by atoms with Crippen molar-refractivity contribution in [3.63, 3.8) is 0 Å².